The molecular weight excluding hydrogens is 827 g/mol. The zero-order chi connectivity index (χ0) is 41.0. The lowest BCUT2D eigenvalue weighted by Crippen LogP contribution is -2.51. The summed E-state index contributed by atoms with van der Waals surface area (Å²) in [5, 5.41) is 23.1. The molecule has 9 amide bonds. The number of amides is 9. The highest BCUT2D eigenvalue weighted by atomic mass is 127. The number of aliphatic carboxylic acids is 1. The van der Waals surface area contributed by atoms with Crippen molar-refractivity contribution >= 4 is 81.7 Å². The third kappa shape index (κ3) is 17.6. The van der Waals surface area contributed by atoms with Crippen molar-refractivity contribution in [2.24, 2.45) is 17.1 Å². The Balaban J connectivity index is 2.34. The van der Waals surface area contributed by atoms with Gasteiger partial charge in [0.15, 0.2) is 0 Å². The number of carbonyl (C=O) groups is 10. The van der Waals surface area contributed by atoms with Gasteiger partial charge < -0.3 is 47.5 Å². The van der Waals surface area contributed by atoms with Gasteiger partial charge in [0.25, 0.3) is 0 Å². The summed E-state index contributed by atoms with van der Waals surface area (Å²) in [6, 6.07) is -2.55. The number of alkyl halides is 1. The molecule has 0 saturated carbocycles. The summed E-state index contributed by atoms with van der Waals surface area (Å²) >= 11 is 2.13. The second-order valence-electron chi connectivity index (χ2n) is 13.0. The highest BCUT2D eigenvalue weighted by molar-refractivity contribution is 14.1. The van der Waals surface area contributed by atoms with Crippen LogP contribution in [0.2, 0.25) is 0 Å². The summed E-state index contributed by atoms with van der Waals surface area (Å²) in [5.74, 6) is -7.21. The van der Waals surface area contributed by atoms with Gasteiger partial charge in [-0.25, -0.2) is 0 Å². The van der Waals surface area contributed by atoms with Gasteiger partial charge in [-0.3, -0.25) is 52.8 Å². The van der Waals surface area contributed by atoms with Crippen molar-refractivity contribution in [3.63, 3.8) is 0 Å². The molecule has 0 aliphatic carbocycles. The number of hydrogen-bond donors (Lipinski definition) is 8. The molecule has 0 aromatic heterocycles. The van der Waals surface area contributed by atoms with E-state index in [1.165, 1.54) is 11.8 Å². The molecule has 0 aromatic rings. The molecule has 0 aromatic carbocycles. The van der Waals surface area contributed by atoms with Gasteiger partial charge in [0.1, 0.15) is 12.1 Å². The molecule has 4 atom stereocenters. The Hall–Kier alpha value is -4.41. The Labute approximate surface area is 327 Å². The quantitative estimate of drug-likeness (QED) is 0.0195. The van der Waals surface area contributed by atoms with Crippen LogP contribution in [0.4, 0.5) is 0 Å². The number of carboxylic acid groups (broad SMARTS) is 1. The van der Waals surface area contributed by atoms with Crippen LogP contribution in [0.3, 0.4) is 0 Å². The molecule has 54 heavy (non-hydrogen) atoms. The minimum atomic E-state index is -1.51. The lowest BCUT2D eigenvalue weighted by atomic mass is 9.72. The number of imide groups is 1. The maximum Gasteiger partial charge on any atom is 0.305 e. The second-order valence-corrected chi connectivity index (χ2v) is 14.8. The number of carbonyl (C=O) groups excluding carboxylic acids is 9. The summed E-state index contributed by atoms with van der Waals surface area (Å²) in [4.78, 5) is 122. The lowest BCUT2D eigenvalue weighted by Gasteiger charge is -2.31. The molecule has 20 nitrogen and oxygen atoms in total. The van der Waals surface area contributed by atoms with E-state index in [2.05, 4.69) is 54.5 Å². The zero-order valence-corrected chi connectivity index (χ0v) is 33.2. The van der Waals surface area contributed by atoms with E-state index in [9.17, 15) is 53.1 Å². The van der Waals surface area contributed by atoms with Crippen molar-refractivity contribution in [3.8, 4) is 0 Å². The smallest absolute Gasteiger partial charge is 0.305 e. The number of primary amides is 1. The standard InChI is InChI=1S/C33H53IN8O12/c1-5-33(4,6-2)21-13-28(48)42(32(21)53)10-7-24(44)36-15-20(34)8-11-54-12-9-25(45)41-22(14-29(49)50)31(52)39-17-26(46)37-18-27(47)40-19(3)30(51)38-16-23(35)43/h19-22H,5-18H2,1-4H3,(H2,35,43)(H,36,44)(H,37,46)(H,38,51)(H,39,52)(H,40,47)(H,41,45)(H,49,50). The Morgan fingerprint density at radius 2 is 1.50 bits per heavy atom. The van der Waals surface area contributed by atoms with Crippen LogP contribution >= 0.6 is 22.6 Å². The first-order valence-corrected chi connectivity index (χ1v) is 18.8. The summed E-state index contributed by atoms with van der Waals surface area (Å²) in [5.41, 5.74) is 4.66. The summed E-state index contributed by atoms with van der Waals surface area (Å²) in [6.45, 7) is 6.23. The van der Waals surface area contributed by atoms with E-state index < -0.39 is 79.6 Å². The Kier molecular flexibility index (Phi) is 21.2. The Bertz CT molecular complexity index is 1390. The minimum Gasteiger partial charge on any atom is -0.481 e. The highest BCUT2D eigenvalue weighted by Crippen LogP contribution is 2.41. The normalized spacial score (nSPS) is 15.7. The zero-order valence-electron chi connectivity index (χ0n) is 31.0. The fraction of sp³-hybridized carbons (Fsp3) is 0.697. The topological polar surface area (TPSA) is 302 Å². The van der Waals surface area contributed by atoms with Crippen LogP contribution in [0.1, 0.15) is 72.6 Å². The SMILES string of the molecule is CCC(C)(CC)C1CC(=O)N(CCC(=O)NCC(I)CCOCCC(=O)NC(CC(=O)O)C(=O)NCC(=O)NCC(=O)NC(C)C(=O)NCC(N)=O)C1=O. The highest BCUT2D eigenvalue weighted by Gasteiger charge is 2.47. The van der Waals surface area contributed by atoms with Crippen LogP contribution in [-0.4, -0.2) is 131 Å². The molecule has 0 radical (unpaired) electrons. The van der Waals surface area contributed by atoms with Crippen molar-refractivity contribution in [1.82, 2.24) is 36.8 Å². The van der Waals surface area contributed by atoms with Gasteiger partial charge >= 0.3 is 5.97 Å². The molecule has 0 spiro atoms. The van der Waals surface area contributed by atoms with E-state index >= 15 is 0 Å². The molecular formula is C33H53IN8O12. The van der Waals surface area contributed by atoms with Crippen molar-refractivity contribution < 1.29 is 57.8 Å². The van der Waals surface area contributed by atoms with Gasteiger partial charge in [0.2, 0.25) is 53.2 Å². The molecule has 21 heteroatoms. The molecule has 1 saturated heterocycles. The molecule has 1 rings (SSSR count). The van der Waals surface area contributed by atoms with E-state index in [1.54, 1.807) is 0 Å². The number of carboxylic acids is 1. The molecule has 304 valence electrons. The van der Waals surface area contributed by atoms with Crippen molar-refractivity contribution in [2.75, 3.05) is 45.9 Å². The van der Waals surface area contributed by atoms with Crippen molar-refractivity contribution in [2.45, 2.75) is 88.6 Å². The molecule has 1 aliphatic heterocycles. The number of nitrogens with zero attached hydrogens (tertiary/aromatic N) is 1. The number of rotatable bonds is 26. The molecule has 1 fully saturated rings. The first-order valence-electron chi connectivity index (χ1n) is 17.6. The van der Waals surface area contributed by atoms with Gasteiger partial charge in [-0.05, 0) is 31.6 Å². The van der Waals surface area contributed by atoms with Crippen LogP contribution in [-0.2, 0) is 52.7 Å². The van der Waals surface area contributed by atoms with Crippen LogP contribution in [0, 0.1) is 11.3 Å². The number of nitrogens with one attached hydrogen (secondary N) is 6. The average Bonchev–Trinajstić information content (AvgIpc) is 3.41. The Morgan fingerprint density at radius 3 is 2.11 bits per heavy atom. The summed E-state index contributed by atoms with van der Waals surface area (Å²) in [7, 11) is 0. The monoisotopic (exact) mass is 880 g/mol. The number of halogens is 1. The summed E-state index contributed by atoms with van der Waals surface area (Å²) in [6.07, 6.45) is 1.23. The maximum absolute atomic E-state index is 12.9. The van der Waals surface area contributed by atoms with Crippen LogP contribution in [0.25, 0.3) is 0 Å². The number of hydrogen-bond acceptors (Lipinski definition) is 11. The fourth-order valence-corrected chi connectivity index (χ4v) is 5.65. The fourth-order valence-electron chi connectivity index (χ4n) is 5.18. The van der Waals surface area contributed by atoms with Gasteiger partial charge in [-0.2, -0.15) is 0 Å². The van der Waals surface area contributed by atoms with Crippen molar-refractivity contribution in [1.29, 1.82) is 0 Å². The van der Waals surface area contributed by atoms with Gasteiger partial charge in [0.05, 0.1) is 38.6 Å². The van der Waals surface area contributed by atoms with E-state index in [0.717, 1.165) is 12.8 Å². The molecule has 4 unspecified atom stereocenters. The Morgan fingerprint density at radius 1 is 0.870 bits per heavy atom. The lowest BCUT2D eigenvalue weighted by molar-refractivity contribution is -0.142. The number of ether oxygens (including phenoxy) is 1. The molecule has 1 aliphatic rings. The minimum absolute atomic E-state index is 0.00859. The molecule has 9 N–H and O–H groups in total. The van der Waals surface area contributed by atoms with Crippen LogP contribution in [0.5, 0.6) is 0 Å². The first-order chi connectivity index (χ1) is 25.3. The van der Waals surface area contributed by atoms with Crippen LogP contribution in [0.15, 0.2) is 0 Å². The van der Waals surface area contributed by atoms with Gasteiger partial charge in [-0.1, -0.05) is 43.4 Å². The molecule has 0 bridgehead atoms. The van der Waals surface area contributed by atoms with E-state index in [0.29, 0.717) is 13.0 Å². The average molecular weight is 881 g/mol. The number of nitrogens with two attached hydrogens (primary N) is 1. The third-order valence-electron chi connectivity index (χ3n) is 8.94. The first kappa shape index (κ1) is 47.6. The number of likely N-dealkylation sites (tertiary alicyclic amines) is 1. The maximum atomic E-state index is 12.9. The van der Waals surface area contributed by atoms with E-state index in [-0.39, 0.29) is 72.0 Å². The van der Waals surface area contributed by atoms with E-state index in [4.69, 9.17) is 10.5 Å². The predicted octanol–water partition coefficient (Wildman–Crippen LogP) is -2.41. The van der Waals surface area contributed by atoms with Crippen LogP contribution < -0.4 is 37.6 Å². The van der Waals surface area contributed by atoms with E-state index in [1.807, 2.05) is 20.8 Å². The van der Waals surface area contributed by atoms with Crippen molar-refractivity contribution in [3.05, 3.63) is 0 Å². The second kappa shape index (κ2) is 24.1. The predicted molar refractivity (Wildman–Crippen MR) is 199 cm³/mol. The largest absolute Gasteiger partial charge is 0.481 e. The summed E-state index contributed by atoms with van der Waals surface area (Å²) < 4.78 is 5.45. The van der Waals surface area contributed by atoms with Gasteiger partial charge in [0, 0.05) is 42.9 Å². The third-order valence-corrected chi connectivity index (χ3v) is 10.0. The van der Waals surface area contributed by atoms with Gasteiger partial charge in [-0.15, -0.1) is 0 Å². The molecule has 1 heterocycles.